The van der Waals surface area contributed by atoms with E-state index in [-0.39, 0.29) is 24.2 Å². The van der Waals surface area contributed by atoms with Crippen molar-refractivity contribution >= 4 is 12.1 Å². The molecule has 0 aliphatic heterocycles. The molecule has 1 amide bonds. The minimum Gasteiger partial charge on any atom is -0.480 e. The second-order valence-electron chi connectivity index (χ2n) is 8.81. The number of hydrogen-bond acceptors (Lipinski definition) is 3. The van der Waals surface area contributed by atoms with Gasteiger partial charge in [-0.25, -0.2) is 9.59 Å². The number of carboxylic acids is 1. The van der Waals surface area contributed by atoms with Gasteiger partial charge in [-0.2, -0.15) is 26.3 Å². The molecule has 11 heteroatoms. The van der Waals surface area contributed by atoms with Crippen LogP contribution in [0.3, 0.4) is 0 Å². The third kappa shape index (κ3) is 5.92. The molecule has 3 aromatic carbocycles. The molecule has 0 spiro atoms. The van der Waals surface area contributed by atoms with Gasteiger partial charge in [0.15, 0.2) is 0 Å². The molecule has 5 nitrogen and oxygen atoms in total. The second-order valence-corrected chi connectivity index (χ2v) is 8.81. The monoisotopic (exact) mass is 537 g/mol. The molecule has 0 saturated carbocycles. The van der Waals surface area contributed by atoms with Crippen LogP contribution >= 0.6 is 0 Å². The van der Waals surface area contributed by atoms with Crippen molar-refractivity contribution in [2.45, 2.75) is 37.2 Å². The lowest BCUT2D eigenvalue weighted by atomic mass is 9.98. The first-order chi connectivity index (χ1) is 17.8. The molecule has 0 saturated heterocycles. The Kier molecular flexibility index (Phi) is 7.39. The first kappa shape index (κ1) is 27.0. The Balaban J connectivity index is 1.43. The van der Waals surface area contributed by atoms with Crippen LogP contribution in [0.4, 0.5) is 31.1 Å². The number of carbonyl (C=O) groups is 2. The molecule has 38 heavy (non-hydrogen) atoms. The van der Waals surface area contributed by atoms with Crippen LogP contribution in [0.5, 0.6) is 0 Å². The number of carboxylic acid groups (broad SMARTS) is 1. The molecule has 2 N–H and O–H groups in total. The average molecular weight is 537 g/mol. The summed E-state index contributed by atoms with van der Waals surface area (Å²) in [6.45, 7) is -0.102. The summed E-state index contributed by atoms with van der Waals surface area (Å²) in [7, 11) is 0. The molecule has 4 rings (SSSR count). The maximum Gasteiger partial charge on any atom is 0.416 e. The number of ether oxygens (including phenoxy) is 1. The molecular weight excluding hydrogens is 516 g/mol. The fourth-order valence-electron chi connectivity index (χ4n) is 4.51. The predicted octanol–water partition coefficient (Wildman–Crippen LogP) is 6.65. The summed E-state index contributed by atoms with van der Waals surface area (Å²) >= 11 is 0. The minimum atomic E-state index is -5.03. The van der Waals surface area contributed by atoms with Crippen LogP contribution in [0.1, 0.15) is 40.2 Å². The zero-order chi connectivity index (χ0) is 27.7. The standard InChI is InChI=1S/C27H21F6NO4/c28-26(29,30)16-11-15(12-17(13-16)27(31,32)33)9-10-23(24(35)36)34-25(37)38-14-22-20-7-3-1-5-18(20)19-6-2-4-8-21(19)22/h1-8,11-13,22-23H,9-10,14H2,(H,34,37)(H,35,36)/t23-/m0/s1. The quantitative estimate of drug-likeness (QED) is 0.331. The van der Waals surface area contributed by atoms with Crippen molar-refractivity contribution < 1.29 is 45.8 Å². The van der Waals surface area contributed by atoms with Crippen molar-refractivity contribution in [1.82, 2.24) is 5.32 Å². The van der Waals surface area contributed by atoms with E-state index in [1.54, 1.807) is 0 Å². The molecule has 0 aromatic heterocycles. The van der Waals surface area contributed by atoms with Crippen molar-refractivity contribution in [3.05, 3.63) is 94.5 Å². The van der Waals surface area contributed by atoms with Gasteiger partial charge < -0.3 is 15.2 Å². The largest absolute Gasteiger partial charge is 0.480 e. The molecular formula is C27H21F6NO4. The Labute approximate surface area is 213 Å². The van der Waals surface area contributed by atoms with Crippen LogP contribution in [-0.2, 0) is 28.3 Å². The summed E-state index contributed by atoms with van der Waals surface area (Å²) < 4.78 is 83.9. The van der Waals surface area contributed by atoms with Gasteiger partial charge in [0, 0.05) is 5.92 Å². The molecule has 1 aliphatic carbocycles. The summed E-state index contributed by atoms with van der Waals surface area (Å²) in [6, 6.07) is 14.6. The van der Waals surface area contributed by atoms with Gasteiger partial charge in [-0.1, -0.05) is 48.5 Å². The Morgan fingerprint density at radius 1 is 0.842 bits per heavy atom. The van der Waals surface area contributed by atoms with Crippen LogP contribution in [0.15, 0.2) is 66.7 Å². The number of aliphatic carboxylic acids is 1. The third-order valence-corrected chi connectivity index (χ3v) is 6.30. The van der Waals surface area contributed by atoms with E-state index < -0.39 is 54.4 Å². The van der Waals surface area contributed by atoms with Crippen molar-refractivity contribution in [1.29, 1.82) is 0 Å². The second kappa shape index (κ2) is 10.4. The Hall–Kier alpha value is -4.02. The van der Waals surface area contributed by atoms with E-state index in [2.05, 4.69) is 5.32 Å². The highest BCUT2D eigenvalue weighted by Gasteiger charge is 2.37. The first-order valence-electron chi connectivity index (χ1n) is 11.5. The lowest BCUT2D eigenvalue weighted by Crippen LogP contribution is -2.41. The highest BCUT2D eigenvalue weighted by molar-refractivity contribution is 5.81. The van der Waals surface area contributed by atoms with Gasteiger partial charge in [0.05, 0.1) is 11.1 Å². The molecule has 3 aromatic rings. The van der Waals surface area contributed by atoms with E-state index in [1.807, 2.05) is 48.5 Å². The SMILES string of the molecule is O=C(N[C@@H](CCc1cc(C(F)(F)F)cc(C(F)(F)F)c1)C(=O)O)OCC1c2ccccc2-c2ccccc21. The third-order valence-electron chi connectivity index (χ3n) is 6.30. The molecule has 1 aliphatic rings. The maximum atomic E-state index is 13.1. The number of amides is 1. The van der Waals surface area contributed by atoms with Crippen LogP contribution in [0, 0.1) is 0 Å². The Bertz CT molecular complexity index is 1270. The Morgan fingerprint density at radius 2 is 1.34 bits per heavy atom. The van der Waals surface area contributed by atoms with E-state index in [4.69, 9.17) is 4.74 Å². The number of alkyl carbamates (subject to hydrolysis) is 1. The Morgan fingerprint density at radius 3 is 1.82 bits per heavy atom. The summed E-state index contributed by atoms with van der Waals surface area (Å²) in [4.78, 5) is 24.1. The number of halogens is 6. The van der Waals surface area contributed by atoms with Crippen LogP contribution in [0.25, 0.3) is 11.1 Å². The van der Waals surface area contributed by atoms with Crippen LogP contribution in [0.2, 0.25) is 0 Å². The zero-order valence-electron chi connectivity index (χ0n) is 19.6. The summed E-state index contributed by atoms with van der Waals surface area (Å²) in [5, 5.41) is 11.6. The van der Waals surface area contributed by atoms with E-state index in [0.29, 0.717) is 12.1 Å². The summed E-state index contributed by atoms with van der Waals surface area (Å²) in [5.41, 5.74) is 0.465. The summed E-state index contributed by atoms with van der Waals surface area (Å²) in [6.07, 6.45) is -12.0. The maximum absolute atomic E-state index is 13.1. The number of nitrogens with one attached hydrogen (secondary N) is 1. The number of alkyl halides is 6. The molecule has 0 unspecified atom stereocenters. The number of carbonyl (C=O) groups excluding carboxylic acids is 1. The highest BCUT2D eigenvalue weighted by Crippen LogP contribution is 2.44. The predicted molar refractivity (Wildman–Crippen MR) is 124 cm³/mol. The number of hydrogen-bond donors (Lipinski definition) is 2. The molecule has 0 heterocycles. The molecule has 1 atom stereocenters. The number of rotatable bonds is 7. The van der Waals surface area contributed by atoms with Gasteiger partial charge in [-0.3, -0.25) is 0 Å². The van der Waals surface area contributed by atoms with E-state index in [9.17, 15) is 41.0 Å². The van der Waals surface area contributed by atoms with Crippen LogP contribution in [-0.4, -0.2) is 29.8 Å². The van der Waals surface area contributed by atoms with Gasteiger partial charge in [0.1, 0.15) is 12.6 Å². The van der Waals surface area contributed by atoms with Gasteiger partial charge in [0.2, 0.25) is 0 Å². The minimum absolute atomic E-state index is 0.00683. The van der Waals surface area contributed by atoms with Gasteiger partial charge in [-0.15, -0.1) is 0 Å². The topological polar surface area (TPSA) is 75.6 Å². The lowest BCUT2D eigenvalue weighted by molar-refractivity contribution is -0.143. The van der Waals surface area contributed by atoms with Gasteiger partial charge in [-0.05, 0) is 58.9 Å². The fourth-order valence-corrected chi connectivity index (χ4v) is 4.51. The van der Waals surface area contributed by atoms with E-state index >= 15 is 0 Å². The molecule has 200 valence electrons. The van der Waals surface area contributed by atoms with Crippen molar-refractivity contribution in [3.8, 4) is 11.1 Å². The smallest absolute Gasteiger partial charge is 0.416 e. The van der Waals surface area contributed by atoms with E-state index in [1.165, 1.54) is 0 Å². The first-order valence-corrected chi connectivity index (χ1v) is 11.5. The van der Waals surface area contributed by atoms with Crippen molar-refractivity contribution in [2.24, 2.45) is 0 Å². The van der Waals surface area contributed by atoms with Crippen molar-refractivity contribution in [3.63, 3.8) is 0 Å². The van der Waals surface area contributed by atoms with Gasteiger partial charge in [0.25, 0.3) is 0 Å². The average Bonchev–Trinajstić information content (AvgIpc) is 3.17. The zero-order valence-corrected chi connectivity index (χ0v) is 19.6. The molecule has 0 fully saturated rings. The van der Waals surface area contributed by atoms with Crippen molar-refractivity contribution in [2.75, 3.05) is 6.61 Å². The molecule has 0 bridgehead atoms. The fraction of sp³-hybridized carbons (Fsp3) is 0.259. The highest BCUT2D eigenvalue weighted by atomic mass is 19.4. The number of benzene rings is 3. The summed E-state index contributed by atoms with van der Waals surface area (Å²) in [5.74, 6) is -1.80. The van der Waals surface area contributed by atoms with Crippen LogP contribution < -0.4 is 5.32 Å². The van der Waals surface area contributed by atoms with E-state index in [0.717, 1.165) is 22.3 Å². The number of aryl methyl sites for hydroxylation is 1. The lowest BCUT2D eigenvalue weighted by Gasteiger charge is -2.18. The number of fused-ring (bicyclic) bond motifs is 3. The van der Waals surface area contributed by atoms with Gasteiger partial charge >= 0.3 is 24.4 Å². The normalized spacial score (nSPS) is 13.9. The molecule has 0 radical (unpaired) electrons.